The molecule has 2 unspecified atom stereocenters. The molecule has 114 valence electrons. The molecule has 1 aliphatic carbocycles. The van der Waals surface area contributed by atoms with Crippen molar-refractivity contribution in [2.24, 2.45) is 5.92 Å². The molecule has 1 aromatic heterocycles. The van der Waals surface area contributed by atoms with Crippen LogP contribution in [0, 0.1) is 11.7 Å². The lowest BCUT2D eigenvalue weighted by atomic mass is 9.87. The maximum Gasteiger partial charge on any atom is 0.144 e. The number of rotatable bonds is 3. The van der Waals surface area contributed by atoms with Crippen molar-refractivity contribution in [3.63, 3.8) is 0 Å². The molecular weight excluding hydrogens is 310 g/mol. The van der Waals surface area contributed by atoms with Crippen LogP contribution < -0.4 is 0 Å². The van der Waals surface area contributed by atoms with E-state index in [9.17, 15) is 4.39 Å². The summed E-state index contributed by atoms with van der Waals surface area (Å²) in [5.74, 6) is 1.77. The Labute approximate surface area is 134 Å². The number of halogens is 3. The van der Waals surface area contributed by atoms with Crippen molar-refractivity contribution in [3.05, 3.63) is 28.8 Å². The number of imidazole rings is 1. The van der Waals surface area contributed by atoms with Gasteiger partial charge >= 0.3 is 0 Å². The molecule has 0 N–H and O–H groups in total. The minimum atomic E-state index is -0.383. The third kappa shape index (κ3) is 2.91. The van der Waals surface area contributed by atoms with Gasteiger partial charge in [0.25, 0.3) is 0 Å². The Kier molecular flexibility index (Phi) is 4.41. The van der Waals surface area contributed by atoms with Crippen LogP contribution in [0.15, 0.2) is 12.1 Å². The van der Waals surface area contributed by atoms with Gasteiger partial charge in [0.15, 0.2) is 0 Å². The zero-order chi connectivity index (χ0) is 15.0. The highest BCUT2D eigenvalue weighted by molar-refractivity contribution is 6.31. The lowest BCUT2D eigenvalue weighted by Gasteiger charge is -2.29. The highest BCUT2D eigenvalue weighted by Crippen LogP contribution is 2.36. The van der Waals surface area contributed by atoms with Gasteiger partial charge in [-0.3, -0.25) is 0 Å². The van der Waals surface area contributed by atoms with Crippen LogP contribution >= 0.6 is 23.2 Å². The Morgan fingerprint density at radius 3 is 2.90 bits per heavy atom. The predicted molar refractivity (Wildman–Crippen MR) is 85.8 cm³/mol. The van der Waals surface area contributed by atoms with Crippen molar-refractivity contribution in [1.29, 1.82) is 0 Å². The van der Waals surface area contributed by atoms with Crippen LogP contribution in [-0.2, 0) is 6.42 Å². The Hall–Kier alpha value is -0.800. The molecule has 1 aromatic carbocycles. The van der Waals surface area contributed by atoms with Crippen molar-refractivity contribution < 1.29 is 4.39 Å². The van der Waals surface area contributed by atoms with Gasteiger partial charge in [0.2, 0.25) is 0 Å². The second-order valence-corrected chi connectivity index (χ2v) is 6.80. The first-order chi connectivity index (χ1) is 10.1. The van der Waals surface area contributed by atoms with Gasteiger partial charge in [0.05, 0.1) is 16.1 Å². The van der Waals surface area contributed by atoms with Gasteiger partial charge in [0, 0.05) is 24.4 Å². The van der Waals surface area contributed by atoms with Gasteiger partial charge in [0.1, 0.15) is 11.6 Å². The number of nitrogens with zero attached hydrogens (tertiary/aromatic N) is 2. The summed E-state index contributed by atoms with van der Waals surface area (Å²) < 4.78 is 16.1. The molecule has 1 heterocycles. The lowest BCUT2D eigenvalue weighted by molar-refractivity contribution is 0.282. The fourth-order valence-electron chi connectivity index (χ4n) is 3.45. The number of alkyl halides is 1. The first-order valence-corrected chi connectivity index (χ1v) is 8.43. The third-order valence-corrected chi connectivity index (χ3v) is 4.88. The van der Waals surface area contributed by atoms with E-state index in [1.807, 2.05) is 0 Å². The molecule has 1 fully saturated rings. The molecule has 2 nitrogen and oxygen atoms in total. The SMILES string of the molecule is CC1CCCC(n2c(CCCl)nc3cc(Cl)c(F)cc32)C1. The molecule has 0 spiro atoms. The second kappa shape index (κ2) is 6.13. The summed E-state index contributed by atoms with van der Waals surface area (Å²) in [7, 11) is 0. The average molecular weight is 329 g/mol. The van der Waals surface area contributed by atoms with E-state index in [2.05, 4.69) is 16.5 Å². The summed E-state index contributed by atoms with van der Waals surface area (Å²) in [4.78, 5) is 4.63. The van der Waals surface area contributed by atoms with E-state index < -0.39 is 0 Å². The molecule has 2 atom stereocenters. The molecule has 3 rings (SSSR count). The van der Waals surface area contributed by atoms with E-state index in [4.69, 9.17) is 23.2 Å². The van der Waals surface area contributed by atoms with E-state index in [1.165, 1.54) is 18.9 Å². The number of hydrogen-bond donors (Lipinski definition) is 0. The Morgan fingerprint density at radius 2 is 2.19 bits per heavy atom. The summed E-state index contributed by atoms with van der Waals surface area (Å²) in [6.45, 7) is 2.28. The van der Waals surface area contributed by atoms with Crippen LogP contribution in [0.25, 0.3) is 11.0 Å². The molecule has 0 saturated heterocycles. The molecule has 0 amide bonds. The monoisotopic (exact) mass is 328 g/mol. The van der Waals surface area contributed by atoms with E-state index in [0.29, 0.717) is 24.3 Å². The second-order valence-electron chi connectivity index (χ2n) is 6.02. The van der Waals surface area contributed by atoms with E-state index >= 15 is 0 Å². The molecular formula is C16H19Cl2FN2. The molecule has 1 aliphatic rings. The maximum absolute atomic E-state index is 13.9. The quantitative estimate of drug-likeness (QED) is 0.693. The van der Waals surface area contributed by atoms with Crippen LogP contribution in [0.1, 0.15) is 44.5 Å². The normalized spacial score (nSPS) is 22.9. The molecule has 5 heteroatoms. The Morgan fingerprint density at radius 1 is 1.38 bits per heavy atom. The highest BCUT2D eigenvalue weighted by Gasteiger charge is 2.25. The van der Waals surface area contributed by atoms with Crippen molar-refractivity contribution >= 4 is 34.2 Å². The van der Waals surface area contributed by atoms with Crippen molar-refractivity contribution in [1.82, 2.24) is 9.55 Å². The molecule has 21 heavy (non-hydrogen) atoms. The van der Waals surface area contributed by atoms with Gasteiger partial charge < -0.3 is 4.57 Å². The van der Waals surface area contributed by atoms with Crippen molar-refractivity contribution in [3.8, 4) is 0 Å². The van der Waals surface area contributed by atoms with Crippen LogP contribution in [0.3, 0.4) is 0 Å². The number of hydrogen-bond acceptors (Lipinski definition) is 1. The van der Waals surface area contributed by atoms with Gasteiger partial charge in [-0.2, -0.15) is 0 Å². The maximum atomic E-state index is 13.9. The number of fused-ring (bicyclic) bond motifs is 1. The number of aromatic nitrogens is 2. The first-order valence-electron chi connectivity index (χ1n) is 7.52. The summed E-state index contributed by atoms with van der Waals surface area (Å²) in [6, 6.07) is 3.52. The zero-order valence-corrected chi connectivity index (χ0v) is 13.6. The predicted octanol–water partition coefficient (Wildman–Crippen LogP) is 5.36. The lowest BCUT2D eigenvalue weighted by Crippen LogP contribution is -2.19. The van der Waals surface area contributed by atoms with Gasteiger partial charge in [-0.25, -0.2) is 9.37 Å². The highest BCUT2D eigenvalue weighted by atomic mass is 35.5. The third-order valence-electron chi connectivity index (χ3n) is 4.40. The zero-order valence-electron chi connectivity index (χ0n) is 12.1. The van der Waals surface area contributed by atoms with E-state index in [0.717, 1.165) is 29.7 Å². The van der Waals surface area contributed by atoms with Crippen molar-refractivity contribution in [2.75, 3.05) is 5.88 Å². The summed E-state index contributed by atoms with van der Waals surface area (Å²) in [6.07, 6.45) is 5.41. The molecule has 0 radical (unpaired) electrons. The van der Waals surface area contributed by atoms with Crippen LogP contribution in [-0.4, -0.2) is 15.4 Å². The van der Waals surface area contributed by atoms with Crippen LogP contribution in [0.2, 0.25) is 5.02 Å². The fourth-order valence-corrected chi connectivity index (χ4v) is 3.77. The molecule has 0 bridgehead atoms. The summed E-state index contributed by atoms with van der Waals surface area (Å²) in [5, 5.41) is 0.126. The summed E-state index contributed by atoms with van der Waals surface area (Å²) in [5.41, 5.74) is 1.61. The van der Waals surface area contributed by atoms with E-state index in [1.54, 1.807) is 6.07 Å². The Balaban J connectivity index is 2.12. The molecule has 0 aliphatic heterocycles. The average Bonchev–Trinajstić information content (AvgIpc) is 2.77. The largest absolute Gasteiger partial charge is 0.325 e. The number of benzene rings is 1. The van der Waals surface area contributed by atoms with Gasteiger partial charge in [-0.15, -0.1) is 11.6 Å². The standard InChI is InChI=1S/C16H19Cl2FN2/c1-10-3-2-4-11(7-10)21-15-9-13(19)12(18)8-14(15)20-16(21)5-6-17/h8-11H,2-7H2,1H3. The molecule has 2 aromatic rings. The van der Waals surface area contributed by atoms with Gasteiger partial charge in [-0.05, 0) is 24.8 Å². The van der Waals surface area contributed by atoms with Gasteiger partial charge in [-0.1, -0.05) is 31.4 Å². The van der Waals surface area contributed by atoms with E-state index in [-0.39, 0.29) is 10.8 Å². The Bertz CT molecular complexity index is 653. The summed E-state index contributed by atoms with van der Waals surface area (Å²) >= 11 is 11.8. The van der Waals surface area contributed by atoms with Crippen LogP contribution in [0.5, 0.6) is 0 Å². The van der Waals surface area contributed by atoms with Crippen LogP contribution in [0.4, 0.5) is 4.39 Å². The minimum Gasteiger partial charge on any atom is -0.325 e. The minimum absolute atomic E-state index is 0.126. The fraction of sp³-hybridized carbons (Fsp3) is 0.562. The molecule has 1 saturated carbocycles. The van der Waals surface area contributed by atoms with Crippen molar-refractivity contribution in [2.45, 2.75) is 45.1 Å². The topological polar surface area (TPSA) is 17.8 Å². The smallest absolute Gasteiger partial charge is 0.144 e. The first kappa shape index (κ1) is 15.1. The number of aryl methyl sites for hydroxylation is 1.